The molecule has 0 fully saturated rings. The van der Waals surface area contributed by atoms with Crippen LogP contribution in [0.2, 0.25) is 0 Å². The zero-order valence-corrected chi connectivity index (χ0v) is 11.6. The second-order valence-electron chi connectivity index (χ2n) is 4.57. The standard InChI is InChI=1S/C16H14O5/c1-9-3-5-12(14(7-9)21-2)15(18)13-8-10(17)4-6-11(13)16(19)20/h3-8,17H,1-2H3,(H,19,20). The first-order valence-corrected chi connectivity index (χ1v) is 6.19. The summed E-state index contributed by atoms with van der Waals surface area (Å²) >= 11 is 0. The number of methoxy groups -OCH3 is 1. The zero-order valence-electron chi connectivity index (χ0n) is 11.6. The van der Waals surface area contributed by atoms with Gasteiger partial charge in [0, 0.05) is 5.56 Å². The summed E-state index contributed by atoms with van der Waals surface area (Å²) in [6, 6.07) is 8.57. The Bertz CT molecular complexity index is 719. The molecule has 2 aromatic carbocycles. The first kappa shape index (κ1) is 14.6. The molecule has 2 rings (SSSR count). The number of ketones is 1. The highest BCUT2D eigenvalue weighted by molar-refractivity contribution is 6.15. The number of phenols is 1. The second kappa shape index (κ2) is 5.66. The van der Waals surface area contributed by atoms with E-state index in [9.17, 15) is 14.7 Å². The van der Waals surface area contributed by atoms with Crippen LogP contribution < -0.4 is 4.74 Å². The number of carboxylic acid groups (broad SMARTS) is 1. The van der Waals surface area contributed by atoms with E-state index in [1.54, 1.807) is 18.2 Å². The van der Waals surface area contributed by atoms with Crippen LogP contribution in [-0.2, 0) is 0 Å². The average Bonchev–Trinajstić information content (AvgIpc) is 2.45. The molecule has 0 saturated carbocycles. The number of carbonyl (C=O) groups excluding carboxylic acids is 1. The molecule has 0 spiro atoms. The van der Waals surface area contributed by atoms with E-state index in [2.05, 4.69) is 0 Å². The van der Waals surface area contributed by atoms with Crippen LogP contribution in [0.4, 0.5) is 0 Å². The number of ether oxygens (including phenoxy) is 1. The van der Waals surface area contributed by atoms with Gasteiger partial charge >= 0.3 is 5.97 Å². The van der Waals surface area contributed by atoms with E-state index in [4.69, 9.17) is 9.84 Å². The Balaban J connectivity index is 2.60. The molecule has 0 saturated heterocycles. The van der Waals surface area contributed by atoms with Crippen molar-refractivity contribution < 1.29 is 24.5 Å². The molecule has 0 bridgehead atoms. The number of phenolic OH excluding ortho intramolecular Hbond substituents is 1. The minimum atomic E-state index is -1.23. The fourth-order valence-corrected chi connectivity index (χ4v) is 2.04. The van der Waals surface area contributed by atoms with Crippen LogP contribution in [0, 0.1) is 6.92 Å². The smallest absolute Gasteiger partial charge is 0.336 e. The number of aryl methyl sites for hydroxylation is 1. The normalized spacial score (nSPS) is 10.2. The number of carboxylic acids is 1. The van der Waals surface area contributed by atoms with Gasteiger partial charge in [-0.1, -0.05) is 6.07 Å². The number of benzene rings is 2. The van der Waals surface area contributed by atoms with Gasteiger partial charge in [0.05, 0.1) is 18.2 Å². The Morgan fingerprint density at radius 3 is 2.29 bits per heavy atom. The second-order valence-corrected chi connectivity index (χ2v) is 4.57. The molecule has 5 nitrogen and oxygen atoms in total. The Morgan fingerprint density at radius 2 is 1.67 bits per heavy atom. The summed E-state index contributed by atoms with van der Waals surface area (Å²) in [6.07, 6.45) is 0. The molecular weight excluding hydrogens is 272 g/mol. The maximum Gasteiger partial charge on any atom is 0.336 e. The van der Waals surface area contributed by atoms with Crippen molar-refractivity contribution in [2.24, 2.45) is 0 Å². The van der Waals surface area contributed by atoms with E-state index in [1.807, 2.05) is 6.92 Å². The molecule has 0 heterocycles. The minimum Gasteiger partial charge on any atom is -0.508 e. The van der Waals surface area contributed by atoms with Gasteiger partial charge in [-0.15, -0.1) is 0 Å². The third kappa shape index (κ3) is 2.86. The first-order chi connectivity index (χ1) is 9.93. The quantitative estimate of drug-likeness (QED) is 0.844. The van der Waals surface area contributed by atoms with Crippen molar-refractivity contribution in [3.05, 3.63) is 58.7 Å². The van der Waals surface area contributed by atoms with E-state index in [0.717, 1.165) is 11.6 Å². The molecule has 0 aliphatic carbocycles. The zero-order chi connectivity index (χ0) is 15.6. The summed E-state index contributed by atoms with van der Waals surface area (Å²) in [5.74, 6) is -1.56. The van der Waals surface area contributed by atoms with E-state index in [-0.39, 0.29) is 22.4 Å². The molecule has 0 amide bonds. The van der Waals surface area contributed by atoms with E-state index in [1.165, 1.54) is 19.2 Å². The summed E-state index contributed by atoms with van der Waals surface area (Å²) in [7, 11) is 1.44. The summed E-state index contributed by atoms with van der Waals surface area (Å²) in [5.41, 5.74) is 0.916. The van der Waals surface area contributed by atoms with Crippen LogP contribution in [0.25, 0.3) is 0 Å². The lowest BCUT2D eigenvalue weighted by atomic mass is 9.96. The first-order valence-electron chi connectivity index (χ1n) is 6.19. The largest absolute Gasteiger partial charge is 0.508 e. The molecule has 5 heteroatoms. The van der Waals surface area contributed by atoms with E-state index < -0.39 is 11.8 Å². The average molecular weight is 286 g/mol. The lowest BCUT2D eigenvalue weighted by molar-refractivity contribution is 0.0692. The van der Waals surface area contributed by atoms with Gasteiger partial charge in [0.15, 0.2) is 5.78 Å². The predicted octanol–water partition coefficient (Wildman–Crippen LogP) is 2.64. The summed E-state index contributed by atoms with van der Waals surface area (Å²) < 4.78 is 5.17. The van der Waals surface area contributed by atoms with Gasteiger partial charge in [-0.05, 0) is 42.8 Å². The molecular formula is C16H14O5. The lowest BCUT2D eigenvalue weighted by Crippen LogP contribution is -2.10. The number of aromatic hydroxyl groups is 1. The lowest BCUT2D eigenvalue weighted by Gasteiger charge is -2.10. The third-order valence-corrected chi connectivity index (χ3v) is 3.08. The predicted molar refractivity (Wildman–Crippen MR) is 76.2 cm³/mol. The maximum atomic E-state index is 12.6. The van der Waals surface area contributed by atoms with Crippen LogP contribution in [0.3, 0.4) is 0 Å². The van der Waals surface area contributed by atoms with Gasteiger partial charge in [-0.3, -0.25) is 4.79 Å². The summed E-state index contributed by atoms with van der Waals surface area (Å²) in [6.45, 7) is 1.85. The van der Waals surface area contributed by atoms with E-state index >= 15 is 0 Å². The Morgan fingerprint density at radius 1 is 1.00 bits per heavy atom. The summed E-state index contributed by atoms with van der Waals surface area (Å²) in [5, 5.41) is 18.7. The maximum absolute atomic E-state index is 12.6. The van der Waals surface area contributed by atoms with Crippen molar-refractivity contribution in [1.29, 1.82) is 0 Å². The van der Waals surface area contributed by atoms with Crippen molar-refractivity contribution in [3.63, 3.8) is 0 Å². The molecule has 0 unspecified atom stereocenters. The number of rotatable bonds is 4. The van der Waals surface area contributed by atoms with Gasteiger partial charge in [0.1, 0.15) is 11.5 Å². The fraction of sp³-hybridized carbons (Fsp3) is 0.125. The number of carbonyl (C=O) groups is 2. The SMILES string of the molecule is COc1cc(C)ccc1C(=O)c1cc(O)ccc1C(=O)O. The number of aromatic carboxylic acids is 1. The third-order valence-electron chi connectivity index (χ3n) is 3.08. The van der Waals surface area contributed by atoms with Gasteiger partial charge in [0.2, 0.25) is 0 Å². The van der Waals surface area contributed by atoms with Crippen LogP contribution in [0.5, 0.6) is 11.5 Å². The molecule has 0 atom stereocenters. The highest BCUT2D eigenvalue weighted by Gasteiger charge is 2.21. The Labute approximate surface area is 121 Å². The van der Waals surface area contributed by atoms with Gasteiger partial charge in [-0.2, -0.15) is 0 Å². The molecule has 0 aromatic heterocycles. The highest BCUT2D eigenvalue weighted by Crippen LogP contribution is 2.26. The van der Waals surface area contributed by atoms with Crippen LogP contribution in [0.1, 0.15) is 31.8 Å². The van der Waals surface area contributed by atoms with E-state index in [0.29, 0.717) is 5.75 Å². The Kier molecular flexibility index (Phi) is 3.93. The summed E-state index contributed by atoms with van der Waals surface area (Å²) in [4.78, 5) is 23.8. The van der Waals surface area contributed by atoms with Crippen LogP contribution in [-0.4, -0.2) is 29.1 Å². The topological polar surface area (TPSA) is 83.8 Å². The molecule has 0 radical (unpaired) electrons. The van der Waals surface area contributed by atoms with Gasteiger partial charge in [-0.25, -0.2) is 4.79 Å². The van der Waals surface area contributed by atoms with Crippen molar-refractivity contribution in [2.75, 3.05) is 7.11 Å². The molecule has 2 aromatic rings. The van der Waals surface area contributed by atoms with Crippen molar-refractivity contribution >= 4 is 11.8 Å². The van der Waals surface area contributed by atoms with Crippen molar-refractivity contribution in [2.45, 2.75) is 6.92 Å². The fourth-order valence-electron chi connectivity index (χ4n) is 2.04. The highest BCUT2D eigenvalue weighted by atomic mass is 16.5. The van der Waals surface area contributed by atoms with Gasteiger partial charge in [0.25, 0.3) is 0 Å². The number of hydrogen-bond donors (Lipinski definition) is 2. The monoisotopic (exact) mass is 286 g/mol. The molecule has 0 aliphatic rings. The molecule has 21 heavy (non-hydrogen) atoms. The van der Waals surface area contributed by atoms with Crippen molar-refractivity contribution in [1.82, 2.24) is 0 Å². The minimum absolute atomic E-state index is 0.0790. The van der Waals surface area contributed by atoms with Crippen molar-refractivity contribution in [3.8, 4) is 11.5 Å². The number of hydrogen-bond acceptors (Lipinski definition) is 4. The Hall–Kier alpha value is -2.82. The molecule has 0 aliphatic heterocycles. The molecule has 108 valence electrons. The van der Waals surface area contributed by atoms with Gasteiger partial charge < -0.3 is 14.9 Å². The van der Waals surface area contributed by atoms with Crippen LogP contribution in [0.15, 0.2) is 36.4 Å². The molecule has 2 N–H and O–H groups in total. The van der Waals surface area contributed by atoms with Crippen LogP contribution >= 0.6 is 0 Å².